The van der Waals surface area contributed by atoms with Crippen LogP contribution in [0.2, 0.25) is 0 Å². The number of ether oxygens (including phenoxy) is 1. The predicted molar refractivity (Wildman–Crippen MR) is 128 cm³/mol. The Morgan fingerprint density at radius 2 is 1.64 bits per heavy atom. The number of Topliss-reactive ketones (excluding diaryl/α,β-unsaturated/α-hetero) is 1. The van der Waals surface area contributed by atoms with Gasteiger partial charge in [0.1, 0.15) is 5.76 Å². The predicted octanol–water partition coefficient (Wildman–Crippen LogP) is 2.81. The van der Waals surface area contributed by atoms with E-state index >= 15 is 0 Å². The van der Waals surface area contributed by atoms with Crippen LogP contribution in [0.5, 0.6) is 0 Å². The molecule has 2 aliphatic heterocycles. The van der Waals surface area contributed by atoms with E-state index in [1.807, 2.05) is 62.3 Å². The summed E-state index contributed by atoms with van der Waals surface area (Å²) in [6, 6.07) is 14.5. The minimum Gasteiger partial charge on any atom is -0.507 e. The van der Waals surface area contributed by atoms with Crippen molar-refractivity contribution < 1.29 is 19.4 Å². The Bertz CT molecular complexity index is 1040. The summed E-state index contributed by atoms with van der Waals surface area (Å²) < 4.78 is 5.42. The van der Waals surface area contributed by atoms with Crippen LogP contribution in [0.4, 0.5) is 5.69 Å². The summed E-state index contributed by atoms with van der Waals surface area (Å²) in [5.74, 6) is -1.35. The molecule has 1 unspecified atom stereocenters. The molecule has 0 radical (unpaired) electrons. The molecule has 0 bridgehead atoms. The zero-order chi connectivity index (χ0) is 23.5. The highest BCUT2D eigenvalue weighted by atomic mass is 16.5. The number of carbonyl (C=O) groups is 2. The average Bonchev–Trinajstić information content (AvgIpc) is 3.08. The van der Waals surface area contributed by atoms with E-state index in [2.05, 4.69) is 4.90 Å². The van der Waals surface area contributed by atoms with E-state index in [4.69, 9.17) is 4.74 Å². The van der Waals surface area contributed by atoms with Crippen LogP contribution in [-0.4, -0.2) is 80.1 Å². The zero-order valence-corrected chi connectivity index (χ0v) is 19.5. The average molecular weight is 450 g/mol. The monoisotopic (exact) mass is 449 g/mol. The van der Waals surface area contributed by atoms with Crippen LogP contribution in [0.15, 0.2) is 54.1 Å². The SMILES string of the molecule is Cc1ccc(/C(O)=C2/C(=O)C(=O)N(CCN3CCOCC3)C2c2ccc(N(C)C)cc2)cc1. The number of rotatable bonds is 6. The number of aryl methyl sites for hydroxylation is 1. The standard InChI is InChI=1S/C26H31N3O4/c1-18-4-6-20(7-5-18)24(30)22-23(19-8-10-21(11-9-19)27(2)3)29(26(32)25(22)31)13-12-28-14-16-33-17-15-28/h4-11,23,30H,12-17H2,1-3H3/b24-22-. The number of morpholine rings is 1. The molecule has 2 aromatic rings. The molecule has 0 aliphatic carbocycles. The normalized spacial score (nSPS) is 20.9. The molecule has 1 amide bonds. The van der Waals surface area contributed by atoms with Crippen LogP contribution >= 0.6 is 0 Å². The van der Waals surface area contributed by atoms with E-state index in [-0.39, 0.29) is 11.3 Å². The van der Waals surface area contributed by atoms with Crippen molar-refractivity contribution >= 4 is 23.1 Å². The summed E-state index contributed by atoms with van der Waals surface area (Å²) in [6.45, 7) is 5.94. The van der Waals surface area contributed by atoms with Crippen molar-refractivity contribution in [3.63, 3.8) is 0 Å². The van der Waals surface area contributed by atoms with Crippen molar-refractivity contribution in [1.29, 1.82) is 0 Å². The lowest BCUT2D eigenvalue weighted by Crippen LogP contribution is -2.42. The van der Waals surface area contributed by atoms with Gasteiger partial charge in [-0.3, -0.25) is 14.5 Å². The van der Waals surface area contributed by atoms with Crippen LogP contribution in [-0.2, 0) is 14.3 Å². The van der Waals surface area contributed by atoms with Crippen molar-refractivity contribution in [3.05, 3.63) is 70.8 Å². The first-order chi connectivity index (χ1) is 15.9. The van der Waals surface area contributed by atoms with E-state index in [0.717, 1.165) is 29.9 Å². The Morgan fingerprint density at radius 1 is 1.00 bits per heavy atom. The Labute approximate surface area is 194 Å². The second-order valence-corrected chi connectivity index (χ2v) is 8.80. The van der Waals surface area contributed by atoms with Gasteiger partial charge in [0.05, 0.1) is 24.8 Å². The van der Waals surface area contributed by atoms with E-state index < -0.39 is 17.7 Å². The maximum absolute atomic E-state index is 13.2. The van der Waals surface area contributed by atoms with Gasteiger partial charge in [0, 0.05) is 51.5 Å². The molecule has 7 heteroatoms. The number of hydrogen-bond donors (Lipinski definition) is 1. The van der Waals surface area contributed by atoms with Gasteiger partial charge in [-0.2, -0.15) is 0 Å². The van der Waals surface area contributed by atoms with Crippen LogP contribution in [0.1, 0.15) is 22.7 Å². The van der Waals surface area contributed by atoms with E-state index in [9.17, 15) is 14.7 Å². The molecule has 0 spiro atoms. The largest absolute Gasteiger partial charge is 0.507 e. The fourth-order valence-corrected chi connectivity index (χ4v) is 4.35. The first kappa shape index (κ1) is 23.0. The lowest BCUT2D eigenvalue weighted by atomic mass is 9.95. The summed E-state index contributed by atoms with van der Waals surface area (Å²) in [7, 11) is 3.92. The summed E-state index contributed by atoms with van der Waals surface area (Å²) in [5.41, 5.74) is 3.54. The van der Waals surface area contributed by atoms with Crippen molar-refractivity contribution in [2.45, 2.75) is 13.0 Å². The molecule has 0 saturated carbocycles. The van der Waals surface area contributed by atoms with Crippen molar-refractivity contribution in [3.8, 4) is 0 Å². The minimum atomic E-state index is -0.642. The molecule has 1 atom stereocenters. The number of carbonyl (C=O) groups excluding carboxylic acids is 2. The second-order valence-electron chi connectivity index (χ2n) is 8.80. The topological polar surface area (TPSA) is 73.3 Å². The maximum atomic E-state index is 13.2. The third-order valence-corrected chi connectivity index (χ3v) is 6.35. The van der Waals surface area contributed by atoms with Crippen LogP contribution < -0.4 is 4.90 Å². The quantitative estimate of drug-likeness (QED) is 0.415. The van der Waals surface area contributed by atoms with Gasteiger partial charge in [-0.1, -0.05) is 42.0 Å². The molecule has 0 aromatic heterocycles. The molecule has 2 aromatic carbocycles. The molecule has 2 aliphatic rings. The lowest BCUT2D eigenvalue weighted by molar-refractivity contribution is -0.140. The Kier molecular flexibility index (Phi) is 6.81. The fraction of sp³-hybridized carbons (Fsp3) is 0.385. The third kappa shape index (κ3) is 4.79. The molecule has 2 fully saturated rings. The number of aliphatic hydroxyl groups is 1. The number of benzene rings is 2. The van der Waals surface area contributed by atoms with Crippen molar-refractivity contribution in [2.24, 2.45) is 0 Å². The summed E-state index contributed by atoms with van der Waals surface area (Å²) in [4.78, 5) is 32.1. The number of ketones is 1. The Balaban J connectivity index is 1.73. The molecule has 33 heavy (non-hydrogen) atoms. The summed E-state index contributed by atoms with van der Waals surface area (Å²) in [5, 5.41) is 11.2. The van der Waals surface area contributed by atoms with Gasteiger partial charge in [0.25, 0.3) is 11.7 Å². The smallest absolute Gasteiger partial charge is 0.295 e. The van der Waals surface area contributed by atoms with Gasteiger partial charge in [-0.05, 0) is 24.6 Å². The molecule has 7 nitrogen and oxygen atoms in total. The molecule has 2 saturated heterocycles. The maximum Gasteiger partial charge on any atom is 0.295 e. The third-order valence-electron chi connectivity index (χ3n) is 6.35. The molecule has 174 valence electrons. The van der Waals surface area contributed by atoms with E-state index in [0.29, 0.717) is 31.9 Å². The van der Waals surface area contributed by atoms with Crippen LogP contribution in [0, 0.1) is 6.92 Å². The number of aliphatic hydroxyl groups excluding tert-OH is 1. The summed E-state index contributed by atoms with van der Waals surface area (Å²) in [6.07, 6.45) is 0. The molecular weight excluding hydrogens is 418 g/mol. The van der Waals surface area contributed by atoms with Gasteiger partial charge < -0.3 is 19.6 Å². The Hall–Kier alpha value is -3.16. The highest BCUT2D eigenvalue weighted by Gasteiger charge is 2.46. The van der Waals surface area contributed by atoms with Crippen LogP contribution in [0.25, 0.3) is 5.76 Å². The van der Waals surface area contributed by atoms with E-state index in [1.165, 1.54) is 0 Å². The number of hydrogen-bond acceptors (Lipinski definition) is 6. The van der Waals surface area contributed by atoms with Crippen molar-refractivity contribution in [1.82, 2.24) is 9.80 Å². The zero-order valence-electron chi connectivity index (χ0n) is 19.5. The highest BCUT2D eigenvalue weighted by molar-refractivity contribution is 6.46. The first-order valence-corrected chi connectivity index (χ1v) is 11.3. The second kappa shape index (κ2) is 9.77. The van der Waals surface area contributed by atoms with Gasteiger partial charge in [-0.25, -0.2) is 0 Å². The fourth-order valence-electron chi connectivity index (χ4n) is 4.35. The number of amides is 1. The summed E-state index contributed by atoms with van der Waals surface area (Å²) >= 11 is 0. The first-order valence-electron chi connectivity index (χ1n) is 11.3. The van der Waals surface area contributed by atoms with Gasteiger partial charge in [0.2, 0.25) is 0 Å². The number of anilines is 1. The molecular formula is C26H31N3O4. The van der Waals surface area contributed by atoms with Gasteiger partial charge in [0.15, 0.2) is 0 Å². The Morgan fingerprint density at radius 3 is 2.24 bits per heavy atom. The van der Waals surface area contributed by atoms with Crippen LogP contribution in [0.3, 0.4) is 0 Å². The minimum absolute atomic E-state index is 0.135. The van der Waals surface area contributed by atoms with Gasteiger partial charge in [-0.15, -0.1) is 0 Å². The molecule has 4 rings (SSSR count). The van der Waals surface area contributed by atoms with Crippen molar-refractivity contribution in [2.75, 3.05) is 58.4 Å². The number of nitrogens with zero attached hydrogens (tertiary/aromatic N) is 3. The highest BCUT2D eigenvalue weighted by Crippen LogP contribution is 2.39. The molecule has 2 heterocycles. The van der Waals surface area contributed by atoms with Gasteiger partial charge >= 0.3 is 0 Å². The lowest BCUT2D eigenvalue weighted by Gasteiger charge is -2.31. The van der Waals surface area contributed by atoms with E-state index in [1.54, 1.807) is 17.0 Å². The molecule has 1 N–H and O–H groups in total. The number of likely N-dealkylation sites (tertiary alicyclic amines) is 1.